The summed E-state index contributed by atoms with van der Waals surface area (Å²) < 4.78 is 5.71. The molecule has 2 heterocycles. The van der Waals surface area contributed by atoms with Crippen molar-refractivity contribution in [3.8, 4) is 11.4 Å². The molecule has 1 fully saturated rings. The molecule has 1 saturated heterocycles. The largest absolute Gasteiger partial charge is 0.376 e. The topological polar surface area (TPSA) is 47.0 Å². The Morgan fingerprint density at radius 3 is 2.71 bits per heavy atom. The normalized spacial score (nSPS) is 17.3. The van der Waals surface area contributed by atoms with Gasteiger partial charge in [-0.3, -0.25) is 0 Å². The van der Waals surface area contributed by atoms with Crippen LogP contribution in [0.25, 0.3) is 22.3 Å². The van der Waals surface area contributed by atoms with Crippen LogP contribution < -0.4 is 5.32 Å². The first kappa shape index (κ1) is 15.1. The van der Waals surface area contributed by atoms with E-state index in [4.69, 9.17) is 14.7 Å². The average molecular weight is 319 g/mol. The lowest BCUT2D eigenvalue weighted by Crippen LogP contribution is -2.19. The summed E-state index contributed by atoms with van der Waals surface area (Å²) >= 11 is 0. The van der Waals surface area contributed by atoms with Gasteiger partial charge in [-0.2, -0.15) is 0 Å². The smallest absolute Gasteiger partial charge is 0.162 e. The lowest BCUT2D eigenvalue weighted by Gasteiger charge is -2.14. The molecule has 1 aliphatic heterocycles. The van der Waals surface area contributed by atoms with Crippen molar-refractivity contribution < 1.29 is 4.74 Å². The van der Waals surface area contributed by atoms with E-state index in [9.17, 15) is 0 Å². The number of benzene rings is 2. The molecular formula is C20H21N3O. The van der Waals surface area contributed by atoms with Crippen LogP contribution >= 0.6 is 0 Å². The van der Waals surface area contributed by atoms with Gasteiger partial charge in [-0.25, -0.2) is 9.97 Å². The second-order valence-corrected chi connectivity index (χ2v) is 6.29. The van der Waals surface area contributed by atoms with Gasteiger partial charge in [0.05, 0.1) is 11.6 Å². The minimum Gasteiger partial charge on any atom is -0.376 e. The van der Waals surface area contributed by atoms with Crippen LogP contribution in [0.2, 0.25) is 0 Å². The van der Waals surface area contributed by atoms with Crippen LogP contribution in [0.1, 0.15) is 18.4 Å². The van der Waals surface area contributed by atoms with Gasteiger partial charge in [0.25, 0.3) is 0 Å². The zero-order valence-corrected chi connectivity index (χ0v) is 13.8. The maximum atomic E-state index is 5.71. The maximum Gasteiger partial charge on any atom is 0.162 e. The molecule has 1 aliphatic rings. The molecule has 122 valence electrons. The number of fused-ring (bicyclic) bond motifs is 1. The Kier molecular flexibility index (Phi) is 4.13. The Labute approximate surface area is 141 Å². The number of ether oxygens (including phenoxy) is 1. The fourth-order valence-corrected chi connectivity index (χ4v) is 3.06. The molecule has 3 aromatic rings. The third-order valence-electron chi connectivity index (χ3n) is 4.43. The van der Waals surface area contributed by atoms with Gasteiger partial charge < -0.3 is 10.1 Å². The highest BCUT2D eigenvalue weighted by Gasteiger charge is 2.16. The fraction of sp³-hybridized carbons (Fsp3) is 0.300. The Hall–Kier alpha value is -2.46. The number of para-hydroxylation sites is 1. The van der Waals surface area contributed by atoms with Crippen LogP contribution in [0.15, 0.2) is 48.5 Å². The molecule has 0 spiro atoms. The zero-order valence-electron chi connectivity index (χ0n) is 13.8. The number of nitrogens with one attached hydrogen (secondary N) is 1. The molecule has 0 radical (unpaired) electrons. The molecule has 2 aromatic carbocycles. The summed E-state index contributed by atoms with van der Waals surface area (Å²) in [4.78, 5) is 9.52. The van der Waals surface area contributed by atoms with E-state index in [0.717, 1.165) is 54.1 Å². The number of hydrogen-bond acceptors (Lipinski definition) is 4. The molecule has 1 aromatic heterocycles. The molecular weight excluding hydrogens is 298 g/mol. The van der Waals surface area contributed by atoms with Gasteiger partial charge in [-0.1, -0.05) is 42.0 Å². The summed E-state index contributed by atoms with van der Waals surface area (Å²) in [5.74, 6) is 1.63. The molecule has 4 rings (SSSR count). The minimum absolute atomic E-state index is 0.279. The van der Waals surface area contributed by atoms with Gasteiger partial charge in [0, 0.05) is 24.1 Å². The fourth-order valence-electron chi connectivity index (χ4n) is 3.06. The SMILES string of the molecule is Cc1ccc(-c2nc(NC[C@H]3CCCO3)c3ccccc3n2)cc1. The van der Waals surface area contributed by atoms with Gasteiger partial charge in [-0.15, -0.1) is 0 Å². The van der Waals surface area contributed by atoms with E-state index in [1.54, 1.807) is 0 Å². The number of nitrogens with zero attached hydrogens (tertiary/aromatic N) is 2. The number of aromatic nitrogens is 2. The predicted octanol–water partition coefficient (Wildman–Crippen LogP) is 4.20. The minimum atomic E-state index is 0.279. The highest BCUT2D eigenvalue weighted by molar-refractivity contribution is 5.90. The lowest BCUT2D eigenvalue weighted by molar-refractivity contribution is 0.120. The monoisotopic (exact) mass is 319 g/mol. The van der Waals surface area contributed by atoms with Crippen molar-refractivity contribution in [1.82, 2.24) is 9.97 Å². The van der Waals surface area contributed by atoms with Gasteiger partial charge in [0.15, 0.2) is 5.82 Å². The molecule has 1 N–H and O–H groups in total. The number of aryl methyl sites for hydroxylation is 1. The molecule has 4 nitrogen and oxygen atoms in total. The first-order chi connectivity index (χ1) is 11.8. The zero-order chi connectivity index (χ0) is 16.4. The standard InChI is InChI=1S/C20H21N3O/c1-14-8-10-15(11-9-14)19-22-18-7-3-2-6-17(18)20(23-19)21-13-16-5-4-12-24-16/h2-3,6-11,16H,4-5,12-13H2,1H3,(H,21,22,23)/t16-/m1/s1. The van der Waals surface area contributed by atoms with E-state index in [-0.39, 0.29) is 6.10 Å². The van der Waals surface area contributed by atoms with Crippen LogP contribution in [0.4, 0.5) is 5.82 Å². The van der Waals surface area contributed by atoms with Crippen molar-refractivity contribution in [2.45, 2.75) is 25.9 Å². The Bertz CT molecular complexity index is 839. The quantitative estimate of drug-likeness (QED) is 0.783. The highest BCUT2D eigenvalue weighted by Crippen LogP contribution is 2.25. The van der Waals surface area contributed by atoms with Gasteiger partial charge in [-0.05, 0) is 31.9 Å². The third-order valence-corrected chi connectivity index (χ3v) is 4.43. The van der Waals surface area contributed by atoms with Crippen LogP contribution in [-0.2, 0) is 4.74 Å². The lowest BCUT2D eigenvalue weighted by atomic mass is 10.1. The molecule has 0 saturated carbocycles. The number of hydrogen-bond donors (Lipinski definition) is 1. The number of anilines is 1. The van der Waals surface area contributed by atoms with E-state index in [0.29, 0.717) is 0 Å². The predicted molar refractivity (Wildman–Crippen MR) is 97.2 cm³/mol. The van der Waals surface area contributed by atoms with Crippen molar-refractivity contribution in [2.75, 3.05) is 18.5 Å². The molecule has 1 atom stereocenters. The van der Waals surface area contributed by atoms with Crippen molar-refractivity contribution in [2.24, 2.45) is 0 Å². The molecule has 0 amide bonds. The average Bonchev–Trinajstić information content (AvgIpc) is 3.13. The van der Waals surface area contributed by atoms with Crippen LogP contribution in [-0.4, -0.2) is 29.2 Å². The van der Waals surface area contributed by atoms with E-state index >= 15 is 0 Å². The van der Waals surface area contributed by atoms with E-state index in [1.807, 2.05) is 18.2 Å². The van der Waals surface area contributed by atoms with Crippen LogP contribution in [0.5, 0.6) is 0 Å². The van der Waals surface area contributed by atoms with Crippen molar-refractivity contribution in [3.63, 3.8) is 0 Å². The Morgan fingerprint density at radius 1 is 1.08 bits per heavy atom. The summed E-state index contributed by atoms with van der Waals surface area (Å²) in [7, 11) is 0. The Morgan fingerprint density at radius 2 is 1.92 bits per heavy atom. The van der Waals surface area contributed by atoms with Crippen LogP contribution in [0.3, 0.4) is 0 Å². The molecule has 0 bridgehead atoms. The van der Waals surface area contributed by atoms with Gasteiger partial charge in [0.1, 0.15) is 5.82 Å². The van der Waals surface area contributed by atoms with E-state index < -0.39 is 0 Å². The second kappa shape index (κ2) is 6.57. The molecule has 4 heteroatoms. The van der Waals surface area contributed by atoms with Crippen LogP contribution in [0, 0.1) is 6.92 Å². The Balaban J connectivity index is 1.71. The molecule has 0 unspecified atom stereocenters. The van der Waals surface area contributed by atoms with Crippen molar-refractivity contribution in [1.29, 1.82) is 0 Å². The van der Waals surface area contributed by atoms with Crippen molar-refractivity contribution >= 4 is 16.7 Å². The van der Waals surface area contributed by atoms with E-state index in [1.165, 1.54) is 5.56 Å². The van der Waals surface area contributed by atoms with Crippen molar-refractivity contribution in [3.05, 3.63) is 54.1 Å². The maximum absolute atomic E-state index is 5.71. The van der Waals surface area contributed by atoms with Gasteiger partial charge in [0.2, 0.25) is 0 Å². The number of rotatable bonds is 4. The first-order valence-electron chi connectivity index (χ1n) is 8.49. The molecule has 0 aliphatic carbocycles. The van der Waals surface area contributed by atoms with E-state index in [2.05, 4.69) is 42.6 Å². The summed E-state index contributed by atoms with van der Waals surface area (Å²) in [6.45, 7) is 3.74. The van der Waals surface area contributed by atoms with Gasteiger partial charge >= 0.3 is 0 Å². The third kappa shape index (κ3) is 3.10. The summed E-state index contributed by atoms with van der Waals surface area (Å²) in [5, 5.41) is 4.52. The first-order valence-corrected chi connectivity index (χ1v) is 8.49. The highest BCUT2D eigenvalue weighted by atomic mass is 16.5. The molecule has 24 heavy (non-hydrogen) atoms. The summed E-state index contributed by atoms with van der Waals surface area (Å²) in [6, 6.07) is 16.5. The second-order valence-electron chi connectivity index (χ2n) is 6.29. The summed E-state index contributed by atoms with van der Waals surface area (Å²) in [5.41, 5.74) is 3.22. The summed E-state index contributed by atoms with van der Waals surface area (Å²) in [6.07, 6.45) is 2.54.